The molecule has 11 heteroatoms. The summed E-state index contributed by atoms with van der Waals surface area (Å²) in [5.74, 6) is -1.45. The van der Waals surface area contributed by atoms with E-state index in [1.807, 2.05) is 38.5 Å². The van der Waals surface area contributed by atoms with Gasteiger partial charge in [0.25, 0.3) is 5.56 Å². The number of ether oxygens (including phenoxy) is 2. The number of carbonyl (C=O) groups is 1. The molecular formula is C28H29F2N5O4. The first-order chi connectivity index (χ1) is 18.5. The molecule has 0 radical (unpaired) electrons. The number of aryl methyl sites for hydroxylation is 1. The van der Waals surface area contributed by atoms with Gasteiger partial charge >= 0.3 is 6.09 Å². The SMILES string of the molecule is Cn1c2c(c3ccc(-c4c(OCc5ncc(F)cc5F)cc[nH]c4=O)nc31)CN(C(=O)OC(C)(C)C)CCC2. The molecule has 0 unspecified atom stereocenters. The molecule has 5 heterocycles. The molecule has 0 aromatic carbocycles. The molecule has 1 amide bonds. The van der Waals surface area contributed by atoms with E-state index in [9.17, 15) is 18.4 Å². The zero-order valence-corrected chi connectivity index (χ0v) is 22.2. The van der Waals surface area contributed by atoms with Gasteiger partial charge in [0.15, 0.2) is 5.82 Å². The summed E-state index contributed by atoms with van der Waals surface area (Å²) in [6, 6.07) is 5.87. The first-order valence-electron chi connectivity index (χ1n) is 12.6. The number of fused-ring (bicyclic) bond motifs is 3. The average Bonchev–Trinajstić information content (AvgIpc) is 3.00. The lowest BCUT2D eigenvalue weighted by Gasteiger charge is -2.26. The Kier molecular flexibility index (Phi) is 6.83. The quantitative estimate of drug-likeness (QED) is 0.399. The van der Waals surface area contributed by atoms with Gasteiger partial charge in [-0.2, -0.15) is 0 Å². The number of nitrogens with one attached hydrogen (secondary N) is 1. The number of carbonyl (C=O) groups excluding carboxylic acids is 1. The van der Waals surface area contributed by atoms with Crippen molar-refractivity contribution in [1.29, 1.82) is 0 Å². The molecule has 0 saturated heterocycles. The maximum absolute atomic E-state index is 14.1. The van der Waals surface area contributed by atoms with Crippen molar-refractivity contribution in [1.82, 2.24) is 24.4 Å². The van der Waals surface area contributed by atoms with Crippen molar-refractivity contribution in [2.45, 2.75) is 52.4 Å². The number of hydrogen-bond acceptors (Lipinski definition) is 6. The van der Waals surface area contributed by atoms with Gasteiger partial charge in [-0.1, -0.05) is 0 Å². The van der Waals surface area contributed by atoms with E-state index < -0.39 is 22.8 Å². The Morgan fingerprint density at radius 3 is 2.74 bits per heavy atom. The molecule has 4 aromatic heterocycles. The molecule has 0 aliphatic carbocycles. The van der Waals surface area contributed by atoms with Crippen LogP contribution in [0.2, 0.25) is 0 Å². The molecule has 1 aliphatic heterocycles. The first-order valence-corrected chi connectivity index (χ1v) is 12.6. The highest BCUT2D eigenvalue weighted by atomic mass is 19.1. The molecule has 0 fully saturated rings. The van der Waals surface area contributed by atoms with Crippen LogP contribution in [0.5, 0.6) is 5.75 Å². The van der Waals surface area contributed by atoms with Crippen LogP contribution in [0.1, 0.15) is 44.1 Å². The first kappa shape index (κ1) is 26.3. The van der Waals surface area contributed by atoms with Gasteiger partial charge in [-0.15, -0.1) is 0 Å². The van der Waals surface area contributed by atoms with Crippen molar-refractivity contribution >= 4 is 17.1 Å². The topological polar surface area (TPSA) is 102 Å². The Bertz CT molecular complexity index is 1620. The molecule has 1 aliphatic rings. The van der Waals surface area contributed by atoms with Gasteiger partial charge in [0.1, 0.15) is 40.7 Å². The molecule has 9 nitrogen and oxygen atoms in total. The number of nitrogens with zero attached hydrogens (tertiary/aromatic N) is 4. The summed E-state index contributed by atoms with van der Waals surface area (Å²) in [5, 5.41) is 0.874. The van der Waals surface area contributed by atoms with Crippen LogP contribution in [0, 0.1) is 11.6 Å². The highest BCUT2D eigenvalue weighted by molar-refractivity contribution is 5.86. The van der Waals surface area contributed by atoms with Gasteiger partial charge in [0.2, 0.25) is 0 Å². The van der Waals surface area contributed by atoms with Crippen LogP contribution in [0.3, 0.4) is 0 Å². The van der Waals surface area contributed by atoms with E-state index in [1.165, 1.54) is 6.20 Å². The molecule has 0 spiro atoms. The summed E-state index contributed by atoms with van der Waals surface area (Å²) in [5.41, 5.74) is 2.14. The van der Waals surface area contributed by atoms with Gasteiger partial charge in [-0.3, -0.25) is 9.78 Å². The minimum Gasteiger partial charge on any atom is -0.486 e. The monoisotopic (exact) mass is 537 g/mol. The predicted octanol–water partition coefficient (Wildman–Crippen LogP) is 4.86. The van der Waals surface area contributed by atoms with E-state index in [2.05, 4.69) is 9.97 Å². The van der Waals surface area contributed by atoms with E-state index >= 15 is 0 Å². The number of amides is 1. The van der Waals surface area contributed by atoms with Crippen LogP contribution in [0.4, 0.5) is 13.6 Å². The smallest absolute Gasteiger partial charge is 0.410 e. The molecule has 0 atom stereocenters. The predicted molar refractivity (Wildman–Crippen MR) is 140 cm³/mol. The standard InChI is InChI=1S/C28H29F2N5O4/c1-28(2,3)39-27(37)35-11-5-6-22-18(14-35)17-7-8-20(33-25(17)34(22)4)24-23(9-10-31-26(24)36)38-15-21-19(30)12-16(29)13-32-21/h7-10,12-13H,5-6,11,14-15H2,1-4H3,(H,31,36). The number of aromatic amines is 1. The third kappa shape index (κ3) is 5.34. The van der Waals surface area contributed by atoms with E-state index in [0.717, 1.165) is 41.7 Å². The lowest BCUT2D eigenvalue weighted by atomic mass is 10.1. The fourth-order valence-electron chi connectivity index (χ4n) is 4.77. The van der Waals surface area contributed by atoms with Gasteiger partial charge in [-0.05, 0) is 51.8 Å². The molecule has 0 saturated carbocycles. The van der Waals surface area contributed by atoms with E-state index in [0.29, 0.717) is 24.4 Å². The fourth-order valence-corrected chi connectivity index (χ4v) is 4.77. The summed E-state index contributed by atoms with van der Waals surface area (Å²) in [7, 11) is 1.91. The molecule has 204 valence electrons. The van der Waals surface area contributed by atoms with Crippen molar-refractivity contribution in [2.75, 3.05) is 6.54 Å². The molecule has 4 aromatic rings. The Morgan fingerprint density at radius 1 is 1.21 bits per heavy atom. The van der Waals surface area contributed by atoms with Crippen molar-refractivity contribution in [3.8, 4) is 17.0 Å². The highest BCUT2D eigenvalue weighted by Crippen LogP contribution is 2.33. The Labute approximate surface area is 223 Å². The normalized spacial score (nSPS) is 13.7. The molecule has 1 N–H and O–H groups in total. The van der Waals surface area contributed by atoms with Gasteiger partial charge in [0, 0.05) is 42.5 Å². The Morgan fingerprint density at radius 2 is 2.00 bits per heavy atom. The van der Waals surface area contributed by atoms with Crippen LogP contribution in [0.25, 0.3) is 22.3 Å². The second-order valence-electron chi connectivity index (χ2n) is 10.5. The minimum absolute atomic E-state index is 0.0910. The van der Waals surface area contributed by atoms with Crippen molar-refractivity contribution in [3.63, 3.8) is 0 Å². The summed E-state index contributed by atoms with van der Waals surface area (Å²) in [6.45, 7) is 6.19. The van der Waals surface area contributed by atoms with Crippen molar-refractivity contribution in [2.24, 2.45) is 7.05 Å². The Balaban J connectivity index is 1.49. The van der Waals surface area contributed by atoms with Crippen molar-refractivity contribution in [3.05, 3.63) is 75.6 Å². The molecule has 39 heavy (non-hydrogen) atoms. The van der Waals surface area contributed by atoms with Gasteiger partial charge in [0.05, 0.1) is 18.4 Å². The van der Waals surface area contributed by atoms with E-state index in [-0.39, 0.29) is 29.7 Å². The minimum atomic E-state index is -0.841. The zero-order chi connectivity index (χ0) is 27.9. The van der Waals surface area contributed by atoms with Crippen LogP contribution in [0.15, 0.2) is 41.5 Å². The van der Waals surface area contributed by atoms with Gasteiger partial charge < -0.3 is 23.9 Å². The number of pyridine rings is 3. The second-order valence-corrected chi connectivity index (χ2v) is 10.5. The number of halogens is 2. The number of H-pyrrole nitrogens is 1. The Hall–Kier alpha value is -4.28. The molecular weight excluding hydrogens is 508 g/mol. The summed E-state index contributed by atoms with van der Waals surface area (Å²) in [6.07, 6.45) is 3.49. The number of aromatic nitrogens is 4. The zero-order valence-electron chi connectivity index (χ0n) is 22.2. The lowest BCUT2D eigenvalue weighted by molar-refractivity contribution is 0.0237. The third-order valence-electron chi connectivity index (χ3n) is 6.54. The fraction of sp³-hybridized carbons (Fsp3) is 0.357. The lowest BCUT2D eigenvalue weighted by Crippen LogP contribution is -2.36. The van der Waals surface area contributed by atoms with Crippen LogP contribution in [-0.4, -0.2) is 42.7 Å². The van der Waals surface area contributed by atoms with E-state index in [4.69, 9.17) is 14.5 Å². The van der Waals surface area contributed by atoms with Crippen molar-refractivity contribution < 1.29 is 23.0 Å². The summed E-state index contributed by atoms with van der Waals surface area (Å²) in [4.78, 5) is 38.6. The second kappa shape index (κ2) is 10.1. The van der Waals surface area contributed by atoms with Crippen LogP contribution in [-0.2, 0) is 31.4 Å². The van der Waals surface area contributed by atoms with Gasteiger partial charge in [-0.25, -0.2) is 18.6 Å². The maximum atomic E-state index is 14.1. The van der Waals surface area contributed by atoms with E-state index in [1.54, 1.807) is 17.0 Å². The van der Waals surface area contributed by atoms with Crippen LogP contribution >= 0.6 is 0 Å². The molecule has 0 bridgehead atoms. The van der Waals surface area contributed by atoms with Crippen LogP contribution < -0.4 is 10.3 Å². The number of hydrogen-bond donors (Lipinski definition) is 1. The molecule has 5 rings (SSSR count). The average molecular weight is 538 g/mol. The highest BCUT2D eigenvalue weighted by Gasteiger charge is 2.28. The summed E-state index contributed by atoms with van der Waals surface area (Å²) < 4.78 is 40.6. The third-order valence-corrected chi connectivity index (χ3v) is 6.54. The largest absolute Gasteiger partial charge is 0.486 e. The number of rotatable bonds is 4. The maximum Gasteiger partial charge on any atom is 0.410 e. The summed E-state index contributed by atoms with van der Waals surface area (Å²) >= 11 is 0.